The lowest BCUT2D eigenvalue weighted by atomic mass is 9.95. The predicted molar refractivity (Wildman–Crippen MR) is 85.4 cm³/mol. The van der Waals surface area contributed by atoms with Gasteiger partial charge in [0.15, 0.2) is 0 Å². The van der Waals surface area contributed by atoms with Crippen LogP contribution in [0.25, 0.3) is 0 Å². The van der Waals surface area contributed by atoms with Crippen LogP contribution in [0, 0.1) is 5.82 Å². The fraction of sp³-hybridized carbons (Fsp3) is 0.556. The van der Waals surface area contributed by atoms with Crippen LogP contribution in [-0.4, -0.2) is 23.1 Å². The minimum atomic E-state index is -0.829. The van der Waals surface area contributed by atoms with Crippen molar-refractivity contribution in [3.63, 3.8) is 0 Å². The van der Waals surface area contributed by atoms with Crippen LogP contribution in [0.15, 0.2) is 24.3 Å². The van der Waals surface area contributed by atoms with Crippen LogP contribution in [0.5, 0.6) is 0 Å². The highest BCUT2D eigenvalue weighted by Gasteiger charge is 2.30. The molecule has 1 aromatic rings. The van der Waals surface area contributed by atoms with Crippen molar-refractivity contribution in [2.45, 2.75) is 65.1 Å². The second-order valence-electron chi connectivity index (χ2n) is 7.43. The Morgan fingerprint density at radius 2 is 1.43 bits per heavy atom. The van der Waals surface area contributed by atoms with E-state index in [0.717, 1.165) is 0 Å². The van der Waals surface area contributed by atoms with E-state index in [0.29, 0.717) is 5.56 Å². The van der Waals surface area contributed by atoms with Crippen molar-refractivity contribution in [3.05, 3.63) is 35.6 Å². The Morgan fingerprint density at radius 1 is 0.957 bits per heavy atom. The maximum atomic E-state index is 13.1. The molecule has 0 aliphatic rings. The summed E-state index contributed by atoms with van der Waals surface area (Å²) in [5, 5.41) is 0. The third kappa shape index (κ3) is 7.26. The molecule has 0 aromatic heterocycles. The van der Waals surface area contributed by atoms with Gasteiger partial charge >= 0.3 is 11.9 Å². The quantitative estimate of drug-likeness (QED) is 0.786. The van der Waals surface area contributed by atoms with Crippen LogP contribution in [0.3, 0.4) is 0 Å². The van der Waals surface area contributed by atoms with Crippen molar-refractivity contribution in [2.75, 3.05) is 0 Å². The molecule has 1 rings (SSSR count). The first-order valence-corrected chi connectivity index (χ1v) is 7.57. The molecule has 0 fully saturated rings. The molecule has 0 heterocycles. The minimum Gasteiger partial charge on any atom is -0.460 e. The monoisotopic (exact) mass is 324 g/mol. The van der Waals surface area contributed by atoms with E-state index in [2.05, 4.69) is 0 Å². The molecule has 0 spiro atoms. The number of benzene rings is 1. The van der Waals surface area contributed by atoms with Gasteiger partial charge in [0.25, 0.3) is 0 Å². The summed E-state index contributed by atoms with van der Waals surface area (Å²) >= 11 is 0. The third-order valence-corrected chi connectivity index (χ3v) is 2.75. The highest BCUT2D eigenvalue weighted by molar-refractivity contribution is 5.84. The summed E-state index contributed by atoms with van der Waals surface area (Å²) in [6, 6.07) is 5.46. The van der Waals surface area contributed by atoms with Crippen LogP contribution in [0.2, 0.25) is 0 Å². The summed E-state index contributed by atoms with van der Waals surface area (Å²) in [6.45, 7) is 10.5. The van der Waals surface area contributed by atoms with Crippen molar-refractivity contribution in [3.8, 4) is 0 Å². The van der Waals surface area contributed by atoms with Gasteiger partial charge in [-0.2, -0.15) is 0 Å². The van der Waals surface area contributed by atoms with Crippen molar-refractivity contribution in [2.24, 2.45) is 0 Å². The normalized spacial score (nSPS) is 13.3. The van der Waals surface area contributed by atoms with Gasteiger partial charge in [0.05, 0.1) is 12.3 Å². The molecular formula is C18H25FO4. The highest BCUT2D eigenvalue weighted by Crippen LogP contribution is 2.26. The second-order valence-corrected chi connectivity index (χ2v) is 7.43. The number of carbonyl (C=O) groups excluding carboxylic acids is 2. The average molecular weight is 324 g/mol. The van der Waals surface area contributed by atoms with E-state index in [9.17, 15) is 14.0 Å². The second kappa shape index (κ2) is 7.11. The molecule has 0 aliphatic heterocycles. The summed E-state index contributed by atoms with van der Waals surface area (Å²) in [6.07, 6.45) is -0.155. The maximum absolute atomic E-state index is 13.1. The number of hydrogen-bond donors (Lipinski definition) is 0. The summed E-state index contributed by atoms with van der Waals surface area (Å²) in [5.74, 6) is -2.27. The van der Waals surface area contributed by atoms with Crippen molar-refractivity contribution in [1.82, 2.24) is 0 Å². The Kier molecular flexibility index (Phi) is 5.92. The number of rotatable bonds is 4. The molecule has 1 atom stereocenters. The fourth-order valence-electron chi connectivity index (χ4n) is 1.96. The largest absolute Gasteiger partial charge is 0.460 e. The Bertz CT molecular complexity index is 550. The summed E-state index contributed by atoms with van der Waals surface area (Å²) in [7, 11) is 0. The molecule has 5 heteroatoms. The molecule has 0 N–H and O–H groups in total. The van der Waals surface area contributed by atoms with E-state index in [1.54, 1.807) is 41.5 Å². The number of carbonyl (C=O) groups is 2. The molecule has 0 bridgehead atoms. The van der Waals surface area contributed by atoms with E-state index in [1.807, 2.05) is 0 Å². The van der Waals surface area contributed by atoms with Gasteiger partial charge in [-0.25, -0.2) is 4.39 Å². The Hall–Kier alpha value is -1.91. The zero-order valence-electron chi connectivity index (χ0n) is 14.6. The van der Waals surface area contributed by atoms with Crippen molar-refractivity contribution < 1.29 is 23.5 Å². The molecule has 0 saturated carbocycles. The Labute approximate surface area is 137 Å². The first-order chi connectivity index (χ1) is 10.4. The zero-order chi connectivity index (χ0) is 17.8. The van der Waals surface area contributed by atoms with Crippen LogP contribution < -0.4 is 0 Å². The molecule has 0 amide bonds. The van der Waals surface area contributed by atoms with Gasteiger partial charge in [0.2, 0.25) is 0 Å². The van der Waals surface area contributed by atoms with Crippen molar-refractivity contribution in [1.29, 1.82) is 0 Å². The average Bonchev–Trinajstić information content (AvgIpc) is 2.33. The van der Waals surface area contributed by atoms with Gasteiger partial charge in [-0.1, -0.05) is 12.1 Å². The SMILES string of the molecule is CC(C)(C)OC(=O)C[C@H](C(=O)OC(C)(C)C)c1ccc(F)cc1. The predicted octanol–water partition coefficient (Wildman–Crippen LogP) is 3.98. The molecule has 4 nitrogen and oxygen atoms in total. The van der Waals surface area contributed by atoms with Crippen LogP contribution in [-0.2, 0) is 19.1 Å². The van der Waals surface area contributed by atoms with E-state index >= 15 is 0 Å². The van der Waals surface area contributed by atoms with Crippen LogP contribution in [0.1, 0.15) is 59.4 Å². The van der Waals surface area contributed by atoms with Gasteiger partial charge in [-0.15, -0.1) is 0 Å². The van der Waals surface area contributed by atoms with Gasteiger partial charge < -0.3 is 9.47 Å². The lowest BCUT2D eigenvalue weighted by Crippen LogP contribution is -2.31. The van der Waals surface area contributed by atoms with E-state index in [4.69, 9.17) is 9.47 Å². The van der Waals surface area contributed by atoms with E-state index < -0.39 is 34.9 Å². The number of halogens is 1. The fourth-order valence-corrected chi connectivity index (χ4v) is 1.96. The topological polar surface area (TPSA) is 52.6 Å². The first-order valence-electron chi connectivity index (χ1n) is 7.57. The molecule has 0 aliphatic carbocycles. The number of hydrogen-bond acceptors (Lipinski definition) is 4. The first kappa shape index (κ1) is 19.1. The number of ether oxygens (including phenoxy) is 2. The Balaban J connectivity index is 2.99. The van der Waals surface area contributed by atoms with Gasteiger partial charge in [-0.05, 0) is 59.2 Å². The van der Waals surface area contributed by atoms with E-state index in [1.165, 1.54) is 24.3 Å². The van der Waals surface area contributed by atoms with Crippen LogP contribution in [0.4, 0.5) is 4.39 Å². The summed E-state index contributed by atoms with van der Waals surface area (Å²) < 4.78 is 23.7. The van der Waals surface area contributed by atoms with E-state index in [-0.39, 0.29) is 6.42 Å². The molecule has 0 radical (unpaired) electrons. The summed E-state index contributed by atoms with van der Waals surface area (Å²) in [4.78, 5) is 24.5. The molecule has 0 saturated heterocycles. The number of esters is 2. The van der Waals surface area contributed by atoms with Gasteiger partial charge in [0.1, 0.15) is 17.0 Å². The maximum Gasteiger partial charge on any atom is 0.314 e. The molecule has 1 aromatic carbocycles. The van der Waals surface area contributed by atoms with Gasteiger partial charge in [-0.3, -0.25) is 9.59 Å². The summed E-state index contributed by atoms with van der Waals surface area (Å²) in [5.41, 5.74) is -0.798. The lowest BCUT2D eigenvalue weighted by Gasteiger charge is -2.25. The highest BCUT2D eigenvalue weighted by atomic mass is 19.1. The third-order valence-electron chi connectivity index (χ3n) is 2.75. The van der Waals surface area contributed by atoms with Crippen molar-refractivity contribution >= 4 is 11.9 Å². The molecule has 0 unspecified atom stereocenters. The van der Waals surface area contributed by atoms with Crippen LogP contribution >= 0.6 is 0 Å². The molecule has 23 heavy (non-hydrogen) atoms. The smallest absolute Gasteiger partial charge is 0.314 e. The zero-order valence-corrected chi connectivity index (χ0v) is 14.6. The Morgan fingerprint density at radius 3 is 1.87 bits per heavy atom. The molecule has 128 valence electrons. The minimum absolute atomic E-state index is 0.155. The lowest BCUT2D eigenvalue weighted by molar-refractivity contribution is -0.164. The molecular weight excluding hydrogens is 299 g/mol. The van der Waals surface area contributed by atoms with Gasteiger partial charge in [0, 0.05) is 0 Å². The standard InChI is InChI=1S/C18H25FO4/c1-17(2,3)22-15(20)11-14(16(21)23-18(4,5)6)12-7-9-13(19)10-8-12/h7-10,14H,11H2,1-6H3/t14-/m0/s1.